The summed E-state index contributed by atoms with van der Waals surface area (Å²) in [5.74, 6) is 1.70. The second-order valence-corrected chi connectivity index (χ2v) is 5.37. The van der Waals surface area contributed by atoms with Crippen molar-refractivity contribution >= 4 is 11.3 Å². The molecule has 1 fully saturated rings. The van der Waals surface area contributed by atoms with Crippen molar-refractivity contribution in [3.05, 3.63) is 34.3 Å². The molecule has 0 amide bonds. The lowest BCUT2D eigenvalue weighted by Crippen LogP contribution is -2.20. The van der Waals surface area contributed by atoms with Crippen molar-refractivity contribution in [2.75, 3.05) is 13.1 Å². The number of nitrogens with one attached hydrogen (secondary N) is 1. The standard InChI is InChI=1S/C12H16N4S/c1-9-4-13-12(15-9)10-2-3-16(5-10)6-11-7-17-8-14-11/h4,7-8,10H,2-3,5-6H2,1H3,(H,13,15). The van der Waals surface area contributed by atoms with Crippen molar-refractivity contribution in [2.24, 2.45) is 0 Å². The summed E-state index contributed by atoms with van der Waals surface area (Å²) in [5, 5.41) is 2.13. The van der Waals surface area contributed by atoms with Gasteiger partial charge in [-0.1, -0.05) is 0 Å². The summed E-state index contributed by atoms with van der Waals surface area (Å²) in [6, 6.07) is 0. The third-order valence-corrected chi connectivity index (χ3v) is 3.89. The zero-order valence-electron chi connectivity index (χ0n) is 9.89. The molecule has 4 nitrogen and oxygen atoms in total. The Balaban J connectivity index is 1.62. The molecule has 3 heterocycles. The van der Waals surface area contributed by atoms with Gasteiger partial charge in [0.05, 0.1) is 11.2 Å². The smallest absolute Gasteiger partial charge is 0.110 e. The molecule has 0 bridgehead atoms. The maximum Gasteiger partial charge on any atom is 0.110 e. The lowest BCUT2D eigenvalue weighted by molar-refractivity contribution is 0.322. The topological polar surface area (TPSA) is 44.8 Å². The van der Waals surface area contributed by atoms with E-state index in [4.69, 9.17) is 0 Å². The van der Waals surface area contributed by atoms with Gasteiger partial charge in [0.15, 0.2) is 0 Å². The van der Waals surface area contributed by atoms with E-state index in [0.717, 1.165) is 31.2 Å². The molecule has 1 atom stereocenters. The fourth-order valence-corrected chi connectivity index (χ4v) is 2.93. The fraction of sp³-hybridized carbons (Fsp3) is 0.500. The minimum absolute atomic E-state index is 0.558. The van der Waals surface area contributed by atoms with E-state index in [1.54, 1.807) is 11.3 Å². The van der Waals surface area contributed by atoms with Crippen LogP contribution in [0.4, 0.5) is 0 Å². The number of H-pyrrole nitrogens is 1. The lowest BCUT2D eigenvalue weighted by Gasteiger charge is -2.13. The summed E-state index contributed by atoms with van der Waals surface area (Å²) in [5.41, 5.74) is 4.24. The van der Waals surface area contributed by atoms with Gasteiger partial charge >= 0.3 is 0 Å². The molecule has 0 saturated carbocycles. The maximum atomic E-state index is 4.43. The Morgan fingerprint density at radius 3 is 3.18 bits per heavy atom. The third-order valence-electron chi connectivity index (χ3n) is 3.25. The largest absolute Gasteiger partial charge is 0.346 e. The predicted octanol–water partition coefficient (Wildman–Crippen LogP) is 2.16. The van der Waals surface area contributed by atoms with Gasteiger partial charge in [0, 0.05) is 36.3 Å². The molecular weight excluding hydrogens is 232 g/mol. The van der Waals surface area contributed by atoms with E-state index < -0.39 is 0 Å². The Morgan fingerprint density at radius 2 is 2.47 bits per heavy atom. The SMILES string of the molecule is Cc1cnc(C2CCN(Cc3cscn3)C2)[nH]1. The highest BCUT2D eigenvalue weighted by atomic mass is 32.1. The molecule has 0 aliphatic carbocycles. The maximum absolute atomic E-state index is 4.43. The van der Waals surface area contributed by atoms with E-state index in [9.17, 15) is 0 Å². The number of nitrogens with zero attached hydrogens (tertiary/aromatic N) is 3. The minimum Gasteiger partial charge on any atom is -0.346 e. The molecule has 0 radical (unpaired) electrons. The molecular formula is C12H16N4S. The number of rotatable bonds is 3. The highest BCUT2D eigenvalue weighted by molar-refractivity contribution is 7.07. The molecule has 90 valence electrons. The summed E-state index contributed by atoms with van der Waals surface area (Å²) < 4.78 is 0. The Morgan fingerprint density at radius 1 is 1.53 bits per heavy atom. The Labute approximate surface area is 105 Å². The summed E-state index contributed by atoms with van der Waals surface area (Å²) in [6.45, 7) is 5.25. The number of aromatic nitrogens is 3. The zero-order chi connectivity index (χ0) is 11.7. The summed E-state index contributed by atoms with van der Waals surface area (Å²) in [6.07, 6.45) is 3.11. The van der Waals surface area contributed by atoms with Crippen molar-refractivity contribution in [3.63, 3.8) is 0 Å². The first-order chi connectivity index (χ1) is 8.31. The minimum atomic E-state index is 0.558. The Hall–Kier alpha value is -1.20. The fourth-order valence-electron chi connectivity index (χ4n) is 2.38. The van der Waals surface area contributed by atoms with Crippen LogP contribution in [0.3, 0.4) is 0 Å². The third kappa shape index (κ3) is 2.40. The van der Waals surface area contributed by atoms with Crippen molar-refractivity contribution in [1.82, 2.24) is 19.9 Å². The summed E-state index contributed by atoms with van der Waals surface area (Å²) in [7, 11) is 0. The van der Waals surface area contributed by atoms with Crippen molar-refractivity contribution in [1.29, 1.82) is 0 Å². The van der Waals surface area contributed by atoms with Crippen molar-refractivity contribution in [3.8, 4) is 0 Å². The van der Waals surface area contributed by atoms with Crippen molar-refractivity contribution < 1.29 is 0 Å². The van der Waals surface area contributed by atoms with Gasteiger partial charge in [-0.3, -0.25) is 4.90 Å². The van der Waals surface area contributed by atoms with Crippen LogP contribution in [-0.4, -0.2) is 32.9 Å². The number of thiazole rings is 1. The number of aryl methyl sites for hydroxylation is 1. The monoisotopic (exact) mass is 248 g/mol. The number of imidazole rings is 1. The zero-order valence-corrected chi connectivity index (χ0v) is 10.7. The van der Waals surface area contributed by atoms with Crippen LogP contribution in [0.25, 0.3) is 0 Å². The van der Waals surface area contributed by atoms with Crippen LogP contribution in [0.1, 0.15) is 29.6 Å². The molecule has 3 rings (SSSR count). The Bertz CT molecular complexity index is 476. The van der Waals surface area contributed by atoms with Gasteiger partial charge in [-0.25, -0.2) is 9.97 Å². The predicted molar refractivity (Wildman–Crippen MR) is 68.1 cm³/mol. The molecule has 5 heteroatoms. The number of aromatic amines is 1. The van der Waals surface area contributed by atoms with Gasteiger partial charge in [0.1, 0.15) is 5.82 Å². The van der Waals surface area contributed by atoms with Gasteiger partial charge in [-0.2, -0.15) is 0 Å². The van der Waals surface area contributed by atoms with Crippen LogP contribution in [0, 0.1) is 6.92 Å². The van der Waals surface area contributed by atoms with Gasteiger partial charge in [0.2, 0.25) is 0 Å². The van der Waals surface area contributed by atoms with E-state index >= 15 is 0 Å². The van der Waals surface area contributed by atoms with Crippen LogP contribution in [0.15, 0.2) is 17.1 Å². The van der Waals surface area contributed by atoms with E-state index in [-0.39, 0.29) is 0 Å². The van der Waals surface area contributed by atoms with Gasteiger partial charge < -0.3 is 4.98 Å². The first kappa shape index (κ1) is 10.9. The quantitative estimate of drug-likeness (QED) is 0.905. The highest BCUT2D eigenvalue weighted by Gasteiger charge is 2.25. The summed E-state index contributed by atoms with van der Waals surface area (Å²) >= 11 is 1.67. The molecule has 2 aromatic heterocycles. The van der Waals surface area contributed by atoms with Crippen LogP contribution in [0.2, 0.25) is 0 Å². The first-order valence-corrected chi connectivity index (χ1v) is 6.86. The molecule has 0 spiro atoms. The van der Waals surface area contributed by atoms with Gasteiger partial charge in [-0.05, 0) is 19.9 Å². The van der Waals surface area contributed by atoms with Crippen LogP contribution in [0.5, 0.6) is 0 Å². The van der Waals surface area contributed by atoms with Crippen molar-refractivity contribution in [2.45, 2.75) is 25.8 Å². The molecule has 1 aliphatic heterocycles. The van der Waals surface area contributed by atoms with E-state index in [0.29, 0.717) is 5.92 Å². The Kier molecular flexibility index (Phi) is 2.94. The van der Waals surface area contributed by atoms with Gasteiger partial charge in [0.25, 0.3) is 0 Å². The normalized spacial score (nSPS) is 21.1. The molecule has 1 aliphatic rings. The van der Waals surface area contributed by atoms with Crippen LogP contribution < -0.4 is 0 Å². The molecule has 1 unspecified atom stereocenters. The van der Waals surface area contributed by atoms with E-state index in [2.05, 4.69) is 32.2 Å². The van der Waals surface area contributed by atoms with Gasteiger partial charge in [-0.15, -0.1) is 11.3 Å². The second kappa shape index (κ2) is 4.58. The summed E-state index contributed by atoms with van der Waals surface area (Å²) in [4.78, 5) is 14.6. The number of likely N-dealkylation sites (tertiary alicyclic amines) is 1. The average Bonchev–Trinajstić information content (AvgIpc) is 2.99. The lowest BCUT2D eigenvalue weighted by atomic mass is 10.1. The molecule has 17 heavy (non-hydrogen) atoms. The average molecular weight is 248 g/mol. The molecule has 1 N–H and O–H groups in total. The van der Waals surface area contributed by atoms with E-state index in [1.165, 1.54) is 12.1 Å². The number of hydrogen-bond acceptors (Lipinski definition) is 4. The first-order valence-electron chi connectivity index (χ1n) is 5.92. The molecule has 2 aromatic rings. The number of hydrogen-bond donors (Lipinski definition) is 1. The van der Waals surface area contributed by atoms with Crippen LogP contribution in [-0.2, 0) is 6.54 Å². The molecule has 1 saturated heterocycles. The molecule has 0 aromatic carbocycles. The van der Waals surface area contributed by atoms with E-state index in [1.807, 2.05) is 11.7 Å². The van der Waals surface area contributed by atoms with Crippen LogP contribution >= 0.6 is 11.3 Å². The highest BCUT2D eigenvalue weighted by Crippen LogP contribution is 2.26. The second-order valence-electron chi connectivity index (χ2n) is 4.65.